The molecule has 0 unspecified atom stereocenters. The number of nitriles is 4. The minimum Gasteiger partial charge on any atom is -0.192 e. The highest BCUT2D eigenvalue weighted by Crippen LogP contribution is 2.48. The van der Waals surface area contributed by atoms with Gasteiger partial charge >= 0.3 is 0 Å². The maximum Gasteiger partial charge on any atom is 0.131 e. The van der Waals surface area contributed by atoms with Crippen molar-refractivity contribution in [3.05, 3.63) is 80.6 Å². The third-order valence-electron chi connectivity index (χ3n) is 5.90. The Hall–Kier alpha value is -4.06. The first kappa shape index (κ1) is 26.5. The van der Waals surface area contributed by atoms with Crippen LogP contribution in [-0.4, -0.2) is 0 Å². The van der Waals surface area contributed by atoms with E-state index in [4.69, 9.17) is 21.0 Å². The minimum absolute atomic E-state index is 0.104. The van der Waals surface area contributed by atoms with Crippen molar-refractivity contribution in [3.63, 3.8) is 0 Å². The Morgan fingerprint density at radius 1 is 0.487 bits per heavy atom. The van der Waals surface area contributed by atoms with E-state index < -0.39 is 0 Å². The second-order valence-electron chi connectivity index (χ2n) is 8.31. The van der Waals surface area contributed by atoms with Gasteiger partial charge in [-0.2, -0.15) is 21.0 Å². The van der Waals surface area contributed by atoms with Crippen LogP contribution in [0.15, 0.2) is 59.7 Å². The van der Waals surface area contributed by atoms with Gasteiger partial charge in [0.15, 0.2) is 0 Å². The molecule has 0 N–H and O–H groups in total. The van der Waals surface area contributed by atoms with Crippen LogP contribution in [0.25, 0.3) is 51.2 Å². The number of hydrogen-bond acceptors (Lipinski definition) is 9. The lowest BCUT2D eigenvalue weighted by Gasteiger charge is -1.96. The Morgan fingerprint density at radius 2 is 0.821 bits per heavy atom. The van der Waals surface area contributed by atoms with Crippen LogP contribution in [-0.2, 0) is 0 Å². The molecule has 39 heavy (non-hydrogen) atoms. The van der Waals surface area contributed by atoms with Gasteiger partial charge in [-0.05, 0) is 85.7 Å². The molecule has 9 heteroatoms. The number of nitrogens with zero attached hydrogens (tertiary/aromatic N) is 4. The molecule has 5 heterocycles. The smallest absolute Gasteiger partial charge is 0.131 e. The summed E-state index contributed by atoms with van der Waals surface area (Å²) in [5, 5.41) is 36.1. The molecule has 0 bridgehead atoms. The van der Waals surface area contributed by atoms with Crippen molar-refractivity contribution in [2.75, 3.05) is 0 Å². The summed E-state index contributed by atoms with van der Waals surface area (Å²) >= 11 is 8.46. The van der Waals surface area contributed by atoms with Crippen molar-refractivity contribution in [1.29, 1.82) is 21.0 Å². The van der Waals surface area contributed by atoms with Crippen molar-refractivity contribution in [2.24, 2.45) is 0 Å². The summed E-state index contributed by atoms with van der Waals surface area (Å²) in [6.07, 6.45) is 3.25. The van der Waals surface area contributed by atoms with Gasteiger partial charge in [-0.3, -0.25) is 0 Å². The Kier molecular flexibility index (Phi) is 7.73. The van der Waals surface area contributed by atoms with Crippen LogP contribution in [0.1, 0.15) is 20.9 Å². The molecular weight excluding hydrogens is 577 g/mol. The highest BCUT2D eigenvalue weighted by Gasteiger charge is 2.18. The minimum atomic E-state index is 0.104. The van der Waals surface area contributed by atoms with Crippen LogP contribution in [0.5, 0.6) is 0 Å². The average molecular weight is 593 g/mol. The third kappa shape index (κ3) is 5.42. The van der Waals surface area contributed by atoms with E-state index in [2.05, 4.69) is 38.1 Å². The van der Waals surface area contributed by atoms with E-state index in [1.54, 1.807) is 57.5 Å². The number of thiophene rings is 5. The maximum absolute atomic E-state index is 9.03. The first-order valence-corrected chi connectivity index (χ1v) is 15.6. The molecule has 5 rings (SSSR count). The van der Waals surface area contributed by atoms with E-state index in [1.165, 1.54) is 30.6 Å². The van der Waals surface area contributed by atoms with Gasteiger partial charge in [0.25, 0.3) is 0 Å². The van der Waals surface area contributed by atoms with Gasteiger partial charge in [0, 0.05) is 48.8 Å². The highest BCUT2D eigenvalue weighted by molar-refractivity contribution is 7.30. The molecule has 0 spiro atoms. The molecule has 4 nitrogen and oxygen atoms in total. The quantitative estimate of drug-likeness (QED) is 0.183. The van der Waals surface area contributed by atoms with Crippen molar-refractivity contribution < 1.29 is 0 Å². The monoisotopic (exact) mass is 592 g/mol. The fourth-order valence-electron chi connectivity index (χ4n) is 3.84. The summed E-state index contributed by atoms with van der Waals surface area (Å²) in [7, 11) is 0. The molecule has 0 aliphatic carbocycles. The average Bonchev–Trinajstić information content (AvgIpc) is 3.77. The second-order valence-corrected chi connectivity index (χ2v) is 13.7. The molecule has 0 fully saturated rings. The lowest BCUT2D eigenvalue weighted by Crippen LogP contribution is -1.75. The summed E-state index contributed by atoms with van der Waals surface area (Å²) < 4.78 is 0. The van der Waals surface area contributed by atoms with Crippen molar-refractivity contribution in [2.45, 2.75) is 13.8 Å². The van der Waals surface area contributed by atoms with Crippen LogP contribution >= 0.6 is 56.7 Å². The van der Waals surface area contributed by atoms with E-state index in [0.29, 0.717) is 0 Å². The SMILES string of the molecule is Cc1c(-c2ccc(-c3ccc(C=C(C#N)C#N)s3)s2)sc(-c2ccc(-c3ccc(C=C(C#N)C#N)s3)s2)c1C. The standard InChI is InChI=1S/C30H16N4S5/c1-17-18(2)30(28-10-8-26(38-28)24-6-4-22(36-24)12-20(15-33)16-34)39-29(17)27-9-7-25(37-27)23-5-3-21(35-23)11-19(13-31)14-32/h3-12H,1-2H3. The molecule has 0 saturated carbocycles. The lowest BCUT2D eigenvalue weighted by atomic mass is 10.1. The number of allylic oxidation sites excluding steroid dienone is 2. The molecule has 5 aromatic rings. The molecule has 0 saturated heterocycles. The van der Waals surface area contributed by atoms with Crippen LogP contribution in [0.2, 0.25) is 0 Å². The fraction of sp³-hybridized carbons (Fsp3) is 0.0667. The van der Waals surface area contributed by atoms with Crippen LogP contribution in [0.4, 0.5) is 0 Å². The van der Waals surface area contributed by atoms with Gasteiger partial charge in [-0.15, -0.1) is 56.7 Å². The second kappa shape index (κ2) is 11.4. The lowest BCUT2D eigenvalue weighted by molar-refractivity contribution is 1.41. The van der Waals surface area contributed by atoms with Crippen molar-refractivity contribution in [1.82, 2.24) is 0 Å². The van der Waals surface area contributed by atoms with E-state index >= 15 is 0 Å². The zero-order chi connectivity index (χ0) is 27.5. The summed E-state index contributed by atoms with van der Waals surface area (Å²) in [4.78, 5) is 11.3. The predicted molar refractivity (Wildman–Crippen MR) is 165 cm³/mol. The largest absolute Gasteiger partial charge is 0.192 e. The first-order valence-electron chi connectivity index (χ1n) is 11.5. The van der Waals surface area contributed by atoms with Gasteiger partial charge in [0.2, 0.25) is 0 Å². The number of rotatable bonds is 6. The molecular formula is C30H16N4S5. The van der Waals surface area contributed by atoms with Gasteiger partial charge in [-0.1, -0.05) is 0 Å². The summed E-state index contributed by atoms with van der Waals surface area (Å²) in [5.41, 5.74) is 2.77. The Labute approximate surface area is 246 Å². The van der Waals surface area contributed by atoms with Crippen LogP contribution < -0.4 is 0 Å². The van der Waals surface area contributed by atoms with E-state index in [9.17, 15) is 0 Å². The molecule has 0 aliphatic heterocycles. The first-order chi connectivity index (χ1) is 18.9. The highest BCUT2D eigenvalue weighted by atomic mass is 32.1. The molecule has 5 aromatic heterocycles. The van der Waals surface area contributed by atoms with E-state index in [0.717, 1.165) is 29.3 Å². The topological polar surface area (TPSA) is 95.2 Å². The van der Waals surface area contributed by atoms with Gasteiger partial charge in [0.1, 0.15) is 35.4 Å². The zero-order valence-corrected chi connectivity index (χ0v) is 24.7. The fourth-order valence-corrected chi connectivity index (χ4v) is 9.58. The van der Waals surface area contributed by atoms with Crippen LogP contribution in [0.3, 0.4) is 0 Å². The van der Waals surface area contributed by atoms with Gasteiger partial charge < -0.3 is 0 Å². The predicted octanol–water partition coefficient (Wildman–Crippen LogP) is 10.1. The molecule has 0 aromatic carbocycles. The summed E-state index contributed by atoms with van der Waals surface area (Å²) in [6, 6.07) is 24.2. The molecule has 0 amide bonds. The van der Waals surface area contributed by atoms with Gasteiger partial charge in [0.05, 0.1) is 0 Å². The van der Waals surface area contributed by atoms with E-state index in [1.807, 2.05) is 59.9 Å². The maximum atomic E-state index is 9.03. The van der Waals surface area contributed by atoms with Crippen LogP contribution in [0, 0.1) is 59.2 Å². The Morgan fingerprint density at radius 3 is 1.21 bits per heavy atom. The Bertz CT molecular complexity index is 1770. The molecule has 186 valence electrons. The van der Waals surface area contributed by atoms with Gasteiger partial charge in [-0.25, -0.2) is 0 Å². The molecule has 0 aliphatic rings. The summed E-state index contributed by atoms with van der Waals surface area (Å²) in [6.45, 7) is 4.36. The summed E-state index contributed by atoms with van der Waals surface area (Å²) in [5.74, 6) is 0. The normalized spacial score (nSPS) is 10.2. The van der Waals surface area contributed by atoms with E-state index in [-0.39, 0.29) is 11.1 Å². The van der Waals surface area contributed by atoms with Crippen molar-refractivity contribution in [3.8, 4) is 63.3 Å². The third-order valence-corrected chi connectivity index (χ3v) is 12.3. The molecule has 0 atom stereocenters. The number of hydrogen-bond donors (Lipinski definition) is 0. The van der Waals surface area contributed by atoms with Crippen molar-refractivity contribution >= 4 is 68.8 Å². The zero-order valence-electron chi connectivity index (χ0n) is 20.6. The molecule has 0 radical (unpaired) electrons. The Balaban J connectivity index is 1.41.